The van der Waals surface area contributed by atoms with Crippen molar-refractivity contribution in [2.24, 2.45) is 0 Å². The molecule has 2 atom stereocenters. The molecule has 2 aliphatic heterocycles. The molecule has 21 heavy (non-hydrogen) atoms. The van der Waals surface area contributed by atoms with Crippen LogP contribution in [-0.4, -0.2) is 49.8 Å². The number of fused-ring (bicyclic) bond motifs is 2. The quantitative estimate of drug-likeness (QED) is 0.839. The molecule has 2 fully saturated rings. The summed E-state index contributed by atoms with van der Waals surface area (Å²) in [5.41, 5.74) is 7.05. The minimum absolute atomic E-state index is 0.348. The van der Waals surface area contributed by atoms with Gasteiger partial charge in [-0.15, -0.1) is 0 Å². The van der Waals surface area contributed by atoms with Crippen molar-refractivity contribution in [3.63, 3.8) is 0 Å². The Morgan fingerprint density at radius 3 is 2.62 bits per heavy atom. The highest BCUT2D eigenvalue weighted by Crippen LogP contribution is 2.31. The second-order valence-corrected chi connectivity index (χ2v) is 8.13. The average Bonchev–Trinajstić information content (AvgIpc) is 2.61. The van der Waals surface area contributed by atoms with E-state index in [0.29, 0.717) is 35.8 Å². The Morgan fingerprint density at radius 1 is 1.19 bits per heavy atom. The van der Waals surface area contributed by atoms with Crippen molar-refractivity contribution >= 4 is 15.7 Å². The second kappa shape index (κ2) is 5.26. The van der Waals surface area contributed by atoms with E-state index in [2.05, 4.69) is 11.9 Å². The number of sulfonamides is 1. The Labute approximate surface area is 126 Å². The Balaban J connectivity index is 1.91. The number of nitrogen functional groups attached to an aromatic ring is 1. The van der Waals surface area contributed by atoms with Gasteiger partial charge in [-0.3, -0.25) is 4.90 Å². The first-order chi connectivity index (χ1) is 9.89. The zero-order valence-electron chi connectivity index (χ0n) is 12.6. The molecule has 0 spiro atoms. The molecule has 0 amide bonds. The zero-order chi connectivity index (χ0) is 15.2. The number of benzene rings is 1. The van der Waals surface area contributed by atoms with Gasteiger partial charge < -0.3 is 5.73 Å². The lowest BCUT2D eigenvalue weighted by molar-refractivity contribution is 0.246. The van der Waals surface area contributed by atoms with E-state index < -0.39 is 10.0 Å². The lowest BCUT2D eigenvalue weighted by Crippen LogP contribution is -2.39. The maximum atomic E-state index is 12.9. The lowest BCUT2D eigenvalue weighted by Gasteiger charge is -2.25. The molecule has 0 aliphatic carbocycles. The molecule has 2 aliphatic rings. The number of hydrogen-bond donors (Lipinski definition) is 1. The molecular weight excluding hydrogens is 286 g/mol. The molecule has 3 rings (SSSR count). The summed E-state index contributed by atoms with van der Waals surface area (Å²) in [7, 11) is -1.31. The van der Waals surface area contributed by atoms with E-state index in [1.165, 1.54) is 6.42 Å². The minimum atomic E-state index is -3.43. The summed E-state index contributed by atoms with van der Waals surface area (Å²) in [5.74, 6) is 0. The summed E-state index contributed by atoms with van der Waals surface area (Å²) >= 11 is 0. The maximum absolute atomic E-state index is 12.9. The van der Waals surface area contributed by atoms with Crippen molar-refractivity contribution in [3.8, 4) is 0 Å². The molecule has 2 N–H and O–H groups in total. The number of aryl methyl sites for hydroxylation is 1. The van der Waals surface area contributed by atoms with E-state index in [4.69, 9.17) is 5.73 Å². The van der Waals surface area contributed by atoms with Crippen LogP contribution in [0.5, 0.6) is 0 Å². The topological polar surface area (TPSA) is 66.6 Å². The SMILES string of the molecule is Cc1cc(N)ccc1S(=O)(=O)N1CCC2CCC(C1)N2C. The molecule has 2 bridgehead atoms. The van der Waals surface area contributed by atoms with Crippen molar-refractivity contribution in [1.82, 2.24) is 9.21 Å². The first-order valence-electron chi connectivity index (χ1n) is 7.48. The maximum Gasteiger partial charge on any atom is 0.243 e. The summed E-state index contributed by atoms with van der Waals surface area (Å²) in [6.07, 6.45) is 3.20. The molecule has 1 aromatic rings. The summed E-state index contributed by atoms with van der Waals surface area (Å²) in [6.45, 7) is 3.01. The standard InChI is InChI=1S/C15H23N3O2S/c1-11-9-12(16)3-6-15(11)21(19,20)18-8-7-13-4-5-14(10-18)17(13)2/h3,6,9,13-14H,4-5,7-8,10,16H2,1-2H3. The van der Waals surface area contributed by atoms with Gasteiger partial charge in [0.15, 0.2) is 0 Å². The van der Waals surface area contributed by atoms with Gasteiger partial charge in [0.05, 0.1) is 4.90 Å². The number of nitrogens with two attached hydrogens (primary N) is 1. The van der Waals surface area contributed by atoms with Crippen LogP contribution < -0.4 is 5.73 Å². The largest absolute Gasteiger partial charge is 0.399 e. The molecule has 1 aromatic carbocycles. The van der Waals surface area contributed by atoms with Crippen molar-refractivity contribution in [1.29, 1.82) is 0 Å². The third-order valence-electron chi connectivity index (χ3n) is 4.93. The lowest BCUT2D eigenvalue weighted by atomic mass is 10.1. The molecule has 2 unspecified atom stereocenters. The molecule has 0 aromatic heterocycles. The second-order valence-electron chi connectivity index (χ2n) is 6.23. The highest BCUT2D eigenvalue weighted by atomic mass is 32.2. The van der Waals surface area contributed by atoms with Crippen LogP contribution in [0.3, 0.4) is 0 Å². The number of nitrogens with zero attached hydrogens (tertiary/aromatic N) is 2. The molecule has 2 heterocycles. The van der Waals surface area contributed by atoms with Crippen LogP contribution in [0, 0.1) is 6.92 Å². The average molecular weight is 309 g/mol. The van der Waals surface area contributed by atoms with Crippen LogP contribution in [0.25, 0.3) is 0 Å². The number of anilines is 1. The van der Waals surface area contributed by atoms with Crippen LogP contribution in [0.1, 0.15) is 24.8 Å². The van der Waals surface area contributed by atoms with Gasteiger partial charge in [0.25, 0.3) is 0 Å². The Morgan fingerprint density at radius 2 is 1.90 bits per heavy atom. The third-order valence-corrected chi connectivity index (χ3v) is 6.95. The number of hydrogen-bond acceptors (Lipinski definition) is 4. The molecule has 6 heteroatoms. The van der Waals surface area contributed by atoms with Crippen LogP contribution in [0.2, 0.25) is 0 Å². The van der Waals surface area contributed by atoms with Gasteiger partial charge in [-0.05, 0) is 57.0 Å². The fourth-order valence-electron chi connectivity index (χ4n) is 3.60. The van der Waals surface area contributed by atoms with Crippen LogP contribution >= 0.6 is 0 Å². The van der Waals surface area contributed by atoms with Crippen molar-refractivity contribution in [2.75, 3.05) is 25.9 Å². The number of likely N-dealkylation sites (N-methyl/N-ethyl adjacent to an activating group) is 1. The Hall–Kier alpha value is -1.11. The number of rotatable bonds is 2. The van der Waals surface area contributed by atoms with E-state index in [9.17, 15) is 8.42 Å². The smallest absolute Gasteiger partial charge is 0.243 e. The van der Waals surface area contributed by atoms with E-state index in [0.717, 1.165) is 18.4 Å². The normalized spacial score (nSPS) is 27.7. The van der Waals surface area contributed by atoms with Gasteiger partial charge in [-0.2, -0.15) is 4.31 Å². The van der Waals surface area contributed by atoms with Crippen molar-refractivity contribution < 1.29 is 8.42 Å². The predicted octanol–water partition coefficient (Wildman–Crippen LogP) is 1.43. The highest BCUT2D eigenvalue weighted by molar-refractivity contribution is 7.89. The van der Waals surface area contributed by atoms with Gasteiger partial charge in [0.1, 0.15) is 0 Å². The summed E-state index contributed by atoms with van der Waals surface area (Å²) in [5, 5.41) is 0. The van der Waals surface area contributed by atoms with E-state index in [1.807, 2.05) is 0 Å². The summed E-state index contributed by atoms with van der Waals surface area (Å²) < 4.78 is 27.5. The van der Waals surface area contributed by atoms with E-state index >= 15 is 0 Å². The zero-order valence-corrected chi connectivity index (χ0v) is 13.4. The van der Waals surface area contributed by atoms with Gasteiger partial charge >= 0.3 is 0 Å². The third kappa shape index (κ3) is 2.56. The summed E-state index contributed by atoms with van der Waals surface area (Å²) in [4.78, 5) is 2.74. The molecule has 116 valence electrons. The Kier molecular flexibility index (Phi) is 3.71. The van der Waals surface area contributed by atoms with Gasteiger partial charge in [0.2, 0.25) is 10.0 Å². The molecular formula is C15H23N3O2S. The molecule has 5 nitrogen and oxygen atoms in total. The molecule has 2 saturated heterocycles. The van der Waals surface area contributed by atoms with Crippen molar-refractivity contribution in [2.45, 2.75) is 43.2 Å². The highest BCUT2D eigenvalue weighted by Gasteiger charge is 2.38. The van der Waals surface area contributed by atoms with Crippen LogP contribution in [0.4, 0.5) is 5.69 Å². The van der Waals surface area contributed by atoms with E-state index in [1.54, 1.807) is 29.4 Å². The first-order valence-corrected chi connectivity index (χ1v) is 8.92. The monoisotopic (exact) mass is 309 g/mol. The molecule has 0 saturated carbocycles. The van der Waals surface area contributed by atoms with Crippen molar-refractivity contribution in [3.05, 3.63) is 23.8 Å². The van der Waals surface area contributed by atoms with Gasteiger partial charge in [-0.1, -0.05) is 0 Å². The predicted molar refractivity (Wildman–Crippen MR) is 83.5 cm³/mol. The Bertz CT molecular complexity index is 644. The fraction of sp³-hybridized carbons (Fsp3) is 0.600. The van der Waals surface area contributed by atoms with Crippen LogP contribution in [-0.2, 0) is 10.0 Å². The molecule has 0 radical (unpaired) electrons. The minimum Gasteiger partial charge on any atom is -0.399 e. The summed E-state index contributed by atoms with van der Waals surface area (Å²) in [6, 6.07) is 5.90. The van der Waals surface area contributed by atoms with E-state index in [-0.39, 0.29) is 0 Å². The first kappa shape index (κ1) is 14.8. The van der Waals surface area contributed by atoms with Gasteiger partial charge in [0, 0.05) is 30.9 Å². The van der Waals surface area contributed by atoms with Gasteiger partial charge in [-0.25, -0.2) is 8.42 Å². The van der Waals surface area contributed by atoms with Crippen LogP contribution in [0.15, 0.2) is 23.1 Å². The fourth-order valence-corrected chi connectivity index (χ4v) is 5.30.